The van der Waals surface area contributed by atoms with Crippen molar-refractivity contribution in [2.24, 2.45) is 5.92 Å². The summed E-state index contributed by atoms with van der Waals surface area (Å²) in [5, 5.41) is 1.16. The van der Waals surface area contributed by atoms with E-state index in [9.17, 15) is 14.0 Å². The molecule has 0 unspecified atom stereocenters. The second-order valence-electron chi connectivity index (χ2n) is 6.19. The fourth-order valence-electron chi connectivity index (χ4n) is 1.58. The second kappa shape index (κ2) is 7.08. The number of carbonyl (C=O) groups excluding carboxylic acids is 2. The highest BCUT2D eigenvalue weighted by Gasteiger charge is 2.27. The van der Waals surface area contributed by atoms with Gasteiger partial charge in [0.15, 0.2) is 0 Å². The second-order valence-corrected chi connectivity index (χ2v) is 6.19. The zero-order valence-corrected chi connectivity index (χ0v) is 13.5. The summed E-state index contributed by atoms with van der Waals surface area (Å²) in [6.45, 7) is 9.05. The molecule has 0 bridgehead atoms. The monoisotopic (exact) mass is 304 g/mol. The number of carbonyl (C=O) groups is 2. The van der Waals surface area contributed by atoms with Crippen molar-refractivity contribution in [3.8, 4) is 11.8 Å². The molecule has 0 atom stereocenters. The van der Waals surface area contributed by atoms with Crippen LogP contribution in [0.2, 0.25) is 0 Å². The lowest BCUT2D eigenvalue weighted by atomic mass is 10.1. The Balaban J connectivity index is 2.98. The quantitative estimate of drug-likeness (QED) is 0.640. The maximum atomic E-state index is 13.2. The lowest BCUT2D eigenvalue weighted by Crippen LogP contribution is -2.55. The molecule has 0 heterocycles. The summed E-state index contributed by atoms with van der Waals surface area (Å²) in [6, 6.07) is 5.27. The maximum absolute atomic E-state index is 13.2. The third-order valence-electron chi connectivity index (χ3n) is 2.64. The van der Waals surface area contributed by atoms with E-state index in [-0.39, 0.29) is 11.5 Å². The Morgan fingerprint density at radius 1 is 1.27 bits per heavy atom. The van der Waals surface area contributed by atoms with Gasteiger partial charge in [-0.1, -0.05) is 25.8 Å². The summed E-state index contributed by atoms with van der Waals surface area (Å²) in [5.74, 6) is 3.74. The Morgan fingerprint density at radius 2 is 1.91 bits per heavy atom. The van der Waals surface area contributed by atoms with Gasteiger partial charge in [0.2, 0.25) is 0 Å². The van der Waals surface area contributed by atoms with Gasteiger partial charge in [-0.15, -0.1) is 0 Å². The number of amides is 2. The highest BCUT2D eigenvalue weighted by atomic mass is 19.1. The molecule has 118 valence electrons. The van der Waals surface area contributed by atoms with Crippen LogP contribution in [-0.2, 0) is 4.79 Å². The maximum Gasteiger partial charge on any atom is 0.317 e. The van der Waals surface area contributed by atoms with Crippen LogP contribution >= 0.6 is 0 Å². The van der Waals surface area contributed by atoms with Crippen LogP contribution in [0.25, 0.3) is 0 Å². The Bertz CT molecular complexity index is 622. The van der Waals surface area contributed by atoms with Crippen molar-refractivity contribution < 1.29 is 14.0 Å². The topological polar surface area (TPSA) is 49.4 Å². The number of hydrogen-bond donors (Lipinski definition) is 1. The third-order valence-corrected chi connectivity index (χ3v) is 2.64. The SMILES string of the molecule is CC(C)C#CC(=O)N(NC(=O)c1cccc(F)c1)C(C)(C)C. The molecule has 1 aromatic rings. The summed E-state index contributed by atoms with van der Waals surface area (Å²) in [6.07, 6.45) is 0. The number of hydrogen-bond acceptors (Lipinski definition) is 2. The zero-order chi connectivity index (χ0) is 16.9. The van der Waals surface area contributed by atoms with E-state index in [4.69, 9.17) is 0 Å². The number of benzene rings is 1. The predicted octanol–water partition coefficient (Wildman–Crippen LogP) is 2.76. The Kier molecular flexibility index (Phi) is 5.69. The van der Waals surface area contributed by atoms with Crippen LogP contribution in [-0.4, -0.2) is 22.4 Å². The normalized spacial score (nSPS) is 10.7. The summed E-state index contributed by atoms with van der Waals surface area (Å²) in [5.41, 5.74) is 1.98. The number of rotatable bonds is 1. The molecule has 5 heteroatoms. The van der Waals surface area contributed by atoms with Crippen LogP contribution in [0.1, 0.15) is 45.0 Å². The van der Waals surface area contributed by atoms with Crippen LogP contribution in [0, 0.1) is 23.6 Å². The van der Waals surface area contributed by atoms with Gasteiger partial charge >= 0.3 is 5.91 Å². The van der Waals surface area contributed by atoms with E-state index in [0.717, 1.165) is 11.1 Å². The summed E-state index contributed by atoms with van der Waals surface area (Å²) < 4.78 is 13.2. The molecule has 1 N–H and O–H groups in total. The number of hydrazine groups is 1. The van der Waals surface area contributed by atoms with Crippen molar-refractivity contribution in [1.29, 1.82) is 0 Å². The number of nitrogens with zero attached hydrogens (tertiary/aromatic N) is 1. The molecule has 0 aromatic heterocycles. The average Bonchev–Trinajstić information content (AvgIpc) is 2.40. The van der Waals surface area contributed by atoms with Crippen LogP contribution < -0.4 is 5.43 Å². The summed E-state index contributed by atoms with van der Waals surface area (Å²) in [7, 11) is 0. The molecule has 0 aliphatic carbocycles. The minimum atomic E-state index is -0.661. The largest absolute Gasteiger partial charge is 0.317 e. The lowest BCUT2D eigenvalue weighted by Gasteiger charge is -2.33. The van der Waals surface area contributed by atoms with Gasteiger partial charge in [-0.05, 0) is 44.9 Å². The lowest BCUT2D eigenvalue weighted by molar-refractivity contribution is -0.132. The predicted molar refractivity (Wildman–Crippen MR) is 83.1 cm³/mol. The molecule has 4 nitrogen and oxygen atoms in total. The first kappa shape index (κ1) is 17.7. The fraction of sp³-hybridized carbons (Fsp3) is 0.412. The molecular weight excluding hydrogens is 283 g/mol. The summed E-state index contributed by atoms with van der Waals surface area (Å²) >= 11 is 0. The molecule has 0 aliphatic rings. The average molecular weight is 304 g/mol. The smallest absolute Gasteiger partial charge is 0.267 e. The van der Waals surface area contributed by atoms with Gasteiger partial charge < -0.3 is 0 Å². The molecule has 0 radical (unpaired) electrons. The molecule has 22 heavy (non-hydrogen) atoms. The van der Waals surface area contributed by atoms with Gasteiger partial charge in [-0.25, -0.2) is 9.40 Å². The first-order valence-electron chi connectivity index (χ1n) is 7.03. The Hall–Kier alpha value is -2.35. The van der Waals surface area contributed by atoms with E-state index in [1.807, 2.05) is 13.8 Å². The van der Waals surface area contributed by atoms with Crippen molar-refractivity contribution in [3.05, 3.63) is 35.6 Å². The van der Waals surface area contributed by atoms with E-state index in [1.165, 1.54) is 18.2 Å². The minimum absolute atomic E-state index is 0.0460. The van der Waals surface area contributed by atoms with E-state index in [0.29, 0.717) is 0 Å². The molecule has 2 amide bonds. The highest BCUT2D eigenvalue weighted by molar-refractivity contribution is 5.99. The van der Waals surface area contributed by atoms with Crippen molar-refractivity contribution in [1.82, 2.24) is 10.4 Å². The van der Waals surface area contributed by atoms with Gasteiger partial charge in [0.25, 0.3) is 5.91 Å². The molecule has 1 rings (SSSR count). The van der Waals surface area contributed by atoms with Crippen molar-refractivity contribution in [3.63, 3.8) is 0 Å². The molecule has 0 aliphatic heterocycles. The van der Waals surface area contributed by atoms with Crippen molar-refractivity contribution in [2.75, 3.05) is 0 Å². The van der Waals surface area contributed by atoms with E-state index < -0.39 is 23.2 Å². The zero-order valence-electron chi connectivity index (χ0n) is 13.5. The van der Waals surface area contributed by atoms with E-state index in [1.54, 1.807) is 20.8 Å². The first-order chi connectivity index (χ1) is 10.1. The standard InChI is InChI=1S/C17H21FN2O2/c1-12(2)9-10-15(21)20(17(3,4)5)19-16(22)13-7-6-8-14(18)11-13/h6-8,11-12H,1-5H3,(H,19,22). The van der Waals surface area contributed by atoms with Gasteiger partial charge in [-0.3, -0.25) is 15.0 Å². The van der Waals surface area contributed by atoms with Crippen molar-refractivity contribution >= 4 is 11.8 Å². The third kappa shape index (κ3) is 5.21. The summed E-state index contributed by atoms with van der Waals surface area (Å²) in [4.78, 5) is 24.4. The molecule has 0 saturated heterocycles. The molecule has 0 spiro atoms. The Labute approximate surface area is 130 Å². The van der Waals surface area contributed by atoms with Crippen LogP contribution in [0.3, 0.4) is 0 Å². The number of nitrogens with one attached hydrogen (secondary N) is 1. The molecule has 0 saturated carbocycles. The molecule has 0 fully saturated rings. The van der Waals surface area contributed by atoms with E-state index in [2.05, 4.69) is 17.3 Å². The molecule has 1 aromatic carbocycles. The van der Waals surface area contributed by atoms with Crippen LogP contribution in [0.5, 0.6) is 0 Å². The first-order valence-corrected chi connectivity index (χ1v) is 7.03. The molecular formula is C17H21FN2O2. The van der Waals surface area contributed by atoms with Gasteiger partial charge in [0, 0.05) is 11.5 Å². The van der Waals surface area contributed by atoms with Gasteiger partial charge in [-0.2, -0.15) is 0 Å². The van der Waals surface area contributed by atoms with Gasteiger partial charge in [0.1, 0.15) is 5.82 Å². The number of halogens is 1. The minimum Gasteiger partial charge on any atom is -0.267 e. The van der Waals surface area contributed by atoms with Crippen LogP contribution in [0.4, 0.5) is 4.39 Å². The van der Waals surface area contributed by atoms with Crippen LogP contribution in [0.15, 0.2) is 24.3 Å². The highest BCUT2D eigenvalue weighted by Crippen LogP contribution is 2.12. The van der Waals surface area contributed by atoms with Crippen molar-refractivity contribution in [2.45, 2.75) is 40.2 Å². The van der Waals surface area contributed by atoms with Gasteiger partial charge in [0.05, 0.1) is 5.54 Å². The Morgan fingerprint density at radius 3 is 2.41 bits per heavy atom. The van der Waals surface area contributed by atoms with E-state index >= 15 is 0 Å². The fourth-order valence-corrected chi connectivity index (χ4v) is 1.58.